The Morgan fingerprint density at radius 3 is 2.43 bits per heavy atom. The summed E-state index contributed by atoms with van der Waals surface area (Å²) in [6, 6.07) is 10.5. The molecule has 0 aliphatic rings. The molecule has 0 saturated heterocycles. The van der Waals surface area contributed by atoms with Gasteiger partial charge in [-0.25, -0.2) is 9.37 Å². The van der Waals surface area contributed by atoms with E-state index in [-0.39, 0.29) is 22.5 Å². The van der Waals surface area contributed by atoms with Gasteiger partial charge in [0.15, 0.2) is 5.76 Å². The van der Waals surface area contributed by atoms with Crippen LogP contribution in [0, 0.1) is 5.82 Å². The van der Waals surface area contributed by atoms with E-state index in [1.54, 1.807) is 12.1 Å². The summed E-state index contributed by atoms with van der Waals surface area (Å²) in [5.41, 5.74) is 0.964. The third kappa shape index (κ3) is 5.74. The van der Waals surface area contributed by atoms with E-state index < -0.39 is 12.3 Å². The van der Waals surface area contributed by atoms with Gasteiger partial charge in [-0.3, -0.25) is 4.79 Å². The van der Waals surface area contributed by atoms with Gasteiger partial charge in [-0.2, -0.15) is 0 Å². The quantitative estimate of drug-likeness (QED) is 0.450. The van der Waals surface area contributed by atoms with Gasteiger partial charge < -0.3 is 14.5 Å². The zero-order chi connectivity index (χ0) is 20.1. The number of nitrogens with zero attached hydrogens (tertiary/aromatic N) is 1. The van der Waals surface area contributed by atoms with Gasteiger partial charge in [0.25, 0.3) is 5.22 Å². The fourth-order valence-electron chi connectivity index (χ4n) is 2.14. The van der Waals surface area contributed by atoms with E-state index in [4.69, 9.17) is 4.42 Å². The van der Waals surface area contributed by atoms with Crippen LogP contribution in [-0.2, 0) is 4.79 Å². The molecule has 5 nitrogen and oxygen atoms in total. The van der Waals surface area contributed by atoms with Crippen molar-refractivity contribution in [1.82, 2.24) is 4.98 Å². The number of rotatable bonds is 6. The van der Waals surface area contributed by atoms with Crippen molar-refractivity contribution in [3.63, 3.8) is 0 Å². The monoisotopic (exact) mass is 412 g/mol. The zero-order valence-electron chi connectivity index (χ0n) is 14.0. The van der Waals surface area contributed by atoms with Crippen LogP contribution in [0.4, 0.5) is 23.2 Å². The van der Waals surface area contributed by atoms with Gasteiger partial charge in [-0.15, -0.1) is 13.2 Å². The predicted molar refractivity (Wildman–Crippen MR) is 94.4 cm³/mol. The normalized spacial score (nSPS) is 11.3. The number of anilines is 1. The summed E-state index contributed by atoms with van der Waals surface area (Å²) in [5, 5.41) is 2.79. The molecule has 146 valence electrons. The van der Waals surface area contributed by atoms with E-state index in [0.717, 1.165) is 23.9 Å². The molecule has 1 aromatic heterocycles. The first-order chi connectivity index (χ1) is 13.3. The van der Waals surface area contributed by atoms with Gasteiger partial charge in [-0.05, 0) is 48.5 Å². The van der Waals surface area contributed by atoms with Crippen LogP contribution in [0.15, 0.2) is 64.4 Å². The van der Waals surface area contributed by atoms with Crippen molar-refractivity contribution in [2.24, 2.45) is 0 Å². The number of carbonyl (C=O) groups is 1. The first kappa shape index (κ1) is 19.7. The molecule has 0 aliphatic heterocycles. The summed E-state index contributed by atoms with van der Waals surface area (Å²) in [6.45, 7) is 0. The number of thioether (sulfide) groups is 1. The lowest BCUT2D eigenvalue weighted by molar-refractivity contribution is -0.274. The maximum absolute atomic E-state index is 12.9. The Bertz CT molecular complexity index is 941. The summed E-state index contributed by atoms with van der Waals surface area (Å²) >= 11 is 1.04. The lowest BCUT2D eigenvalue weighted by Crippen LogP contribution is -2.17. The fraction of sp³-hybridized carbons (Fsp3) is 0.111. The molecule has 1 heterocycles. The minimum absolute atomic E-state index is 0.0236. The average Bonchev–Trinajstić information content (AvgIpc) is 3.10. The SMILES string of the molecule is O=C(CSc1ncc(-c2ccc(F)cc2)o1)Nc1ccc(OC(F)(F)F)cc1. The molecule has 1 N–H and O–H groups in total. The standard InChI is InChI=1S/C18H12F4N2O3S/c19-12-3-1-11(2-4-12)15-9-23-17(26-15)28-10-16(25)24-13-5-7-14(8-6-13)27-18(20,21)22/h1-9H,10H2,(H,24,25). The van der Waals surface area contributed by atoms with Crippen molar-refractivity contribution in [3.8, 4) is 17.1 Å². The Kier molecular flexibility index (Phi) is 5.88. The van der Waals surface area contributed by atoms with Crippen LogP contribution >= 0.6 is 11.8 Å². The Hall–Kier alpha value is -3.01. The number of halogens is 4. The van der Waals surface area contributed by atoms with Crippen molar-refractivity contribution in [3.05, 3.63) is 60.5 Å². The largest absolute Gasteiger partial charge is 0.573 e. The van der Waals surface area contributed by atoms with Gasteiger partial charge in [-0.1, -0.05) is 11.8 Å². The van der Waals surface area contributed by atoms with E-state index in [2.05, 4.69) is 15.0 Å². The molecule has 10 heteroatoms. The van der Waals surface area contributed by atoms with Crippen LogP contribution in [0.3, 0.4) is 0 Å². The Morgan fingerprint density at radius 2 is 1.79 bits per heavy atom. The van der Waals surface area contributed by atoms with Crippen LogP contribution in [0.1, 0.15) is 0 Å². The van der Waals surface area contributed by atoms with Crippen molar-refractivity contribution < 1.29 is 31.5 Å². The molecule has 0 saturated carbocycles. The van der Waals surface area contributed by atoms with Gasteiger partial charge >= 0.3 is 6.36 Å². The van der Waals surface area contributed by atoms with E-state index in [1.807, 2.05) is 0 Å². The molecule has 0 aliphatic carbocycles. The predicted octanol–water partition coefficient (Wildman–Crippen LogP) is 5.11. The number of hydrogen-bond donors (Lipinski definition) is 1. The van der Waals surface area contributed by atoms with Gasteiger partial charge in [0.2, 0.25) is 5.91 Å². The Labute approximate surface area is 160 Å². The van der Waals surface area contributed by atoms with Crippen LogP contribution < -0.4 is 10.1 Å². The second kappa shape index (κ2) is 8.34. The minimum Gasteiger partial charge on any atom is -0.431 e. The van der Waals surface area contributed by atoms with Crippen LogP contribution in [0.25, 0.3) is 11.3 Å². The second-order valence-corrected chi connectivity index (χ2v) is 6.33. The molecular formula is C18H12F4N2O3S. The van der Waals surface area contributed by atoms with Crippen molar-refractivity contribution in [2.45, 2.75) is 11.6 Å². The molecule has 0 unspecified atom stereocenters. The lowest BCUT2D eigenvalue weighted by Gasteiger charge is -2.09. The first-order valence-electron chi connectivity index (χ1n) is 7.79. The van der Waals surface area contributed by atoms with Gasteiger partial charge in [0, 0.05) is 11.3 Å². The van der Waals surface area contributed by atoms with Crippen molar-refractivity contribution in [1.29, 1.82) is 0 Å². The summed E-state index contributed by atoms with van der Waals surface area (Å²) in [6.07, 6.45) is -3.31. The summed E-state index contributed by atoms with van der Waals surface area (Å²) in [7, 11) is 0. The molecule has 0 atom stereocenters. The number of alkyl halides is 3. The van der Waals surface area contributed by atoms with E-state index in [1.165, 1.54) is 30.5 Å². The topological polar surface area (TPSA) is 64.4 Å². The van der Waals surface area contributed by atoms with Crippen LogP contribution in [0.2, 0.25) is 0 Å². The third-order valence-electron chi connectivity index (χ3n) is 3.31. The highest BCUT2D eigenvalue weighted by Crippen LogP contribution is 2.26. The molecule has 2 aromatic carbocycles. The molecule has 3 aromatic rings. The average molecular weight is 412 g/mol. The minimum atomic E-state index is -4.77. The molecule has 0 spiro atoms. The molecule has 3 rings (SSSR count). The smallest absolute Gasteiger partial charge is 0.431 e. The highest BCUT2D eigenvalue weighted by atomic mass is 32.2. The summed E-state index contributed by atoms with van der Waals surface area (Å²) in [4.78, 5) is 16.0. The Morgan fingerprint density at radius 1 is 1.11 bits per heavy atom. The number of benzene rings is 2. The summed E-state index contributed by atoms with van der Waals surface area (Å²) in [5.74, 6) is -0.732. The molecule has 28 heavy (non-hydrogen) atoms. The van der Waals surface area contributed by atoms with E-state index in [9.17, 15) is 22.4 Å². The number of oxazole rings is 1. The second-order valence-electron chi connectivity index (χ2n) is 5.41. The number of amides is 1. The molecule has 0 bridgehead atoms. The summed E-state index contributed by atoms with van der Waals surface area (Å²) < 4.78 is 58.5. The highest BCUT2D eigenvalue weighted by Gasteiger charge is 2.30. The number of ether oxygens (including phenoxy) is 1. The van der Waals surface area contributed by atoms with Gasteiger partial charge in [0.05, 0.1) is 11.9 Å². The van der Waals surface area contributed by atoms with Crippen molar-refractivity contribution >= 4 is 23.4 Å². The number of carbonyl (C=O) groups excluding carboxylic acids is 1. The maximum Gasteiger partial charge on any atom is 0.573 e. The number of aromatic nitrogens is 1. The van der Waals surface area contributed by atoms with E-state index >= 15 is 0 Å². The third-order valence-corrected chi connectivity index (χ3v) is 4.15. The zero-order valence-corrected chi connectivity index (χ0v) is 14.8. The number of hydrogen-bond acceptors (Lipinski definition) is 5. The molecular weight excluding hydrogens is 400 g/mol. The highest BCUT2D eigenvalue weighted by molar-refractivity contribution is 7.99. The first-order valence-corrected chi connectivity index (χ1v) is 8.77. The Balaban J connectivity index is 1.51. The van der Waals surface area contributed by atoms with Crippen LogP contribution in [-0.4, -0.2) is 23.0 Å². The molecule has 0 fully saturated rings. The van der Waals surface area contributed by atoms with E-state index in [0.29, 0.717) is 17.0 Å². The van der Waals surface area contributed by atoms with Crippen LogP contribution in [0.5, 0.6) is 5.75 Å². The lowest BCUT2D eigenvalue weighted by atomic mass is 10.2. The molecule has 1 amide bonds. The fourth-order valence-corrected chi connectivity index (χ4v) is 2.74. The molecule has 0 radical (unpaired) electrons. The van der Waals surface area contributed by atoms with Crippen molar-refractivity contribution in [2.75, 3.05) is 11.1 Å². The number of nitrogens with one attached hydrogen (secondary N) is 1. The van der Waals surface area contributed by atoms with Gasteiger partial charge in [0.1, 0.15) is 11.6 Å². The maximum atomic E-state index is 12.9.